The number of hydrogen-bond acceptors (Lipinski definition) is 5. The molecule has 0 radical (unpaired) electrons. The molecule has 0 aromatic carbocycles. The van der Waals surface area contributed by atoms with E-state index in [2.05, 4.69) is 15.4 Å². The van der Waals surface area contributed by atoms with Gasteiger partial charge in [0, 0.05) is 6.21 Å². The van der Waals surface area contributed by atoms with E-state index in [1.165, 1.54) is 6.08 Å². The van der Waals surface area contributed by atoms with Gasteiger partial charge in [-0.15, -0.1) is 0 Å². The van der Waals surface area contributed by atoms with Gasteiger partial charge in [-0.25, -0.2) is 9.38 Å². The molecule has 0 spiro atoms. The van der Waals surface area contributed by atoms with Crippen molar-refractivity contribution in [1.29, 1.82) is 0 Å². The van der Waals surface area contributed by atoms with E-state index in [1.54, 1.807) is 26.8 Å². The molecule has 42 heavy (non-hydrogen) atoms. The van der Waals surface area contributed by atoms with E-state index in [0.717, 1.165) is 48.0 Å². The molecule has 13 heteroatoms. The Morgan fingerprint density at radius 2 is 1.90 bits per heavy atom. The molecule has 1 aromatic heterocycles. The third-order valence-electron chi connectivity index (χ3n) is 6.97. The lowest BCUT2D eigenvalue weighted by molar-refractivity contribution is -0.141. The molecule has 1 aliphatic carbocycles. The first kappa shape index (κ1) is 34.8. The van der Waals surface area contributed by atoms with Gasteiger partial charge in [0.15, 0.2) is 5.69 Å². The Balaban J connectivity index is 2.44. The minimum Gasteiger partial charge on any atom is -0.404 e. The number of nitrogens with zero attached hydrogens (tertiary/aromatic N) is 3. The van der Waals surface area contributed by atoms with E-state index in [4.69, 9.17) is 11.5 Å². The molecule has 2 rings (SSSR count). The maximum Gasteiger partial charge on any atom is 0.435 e. The van der Waals surface area contributed by atoms with E-state index in [0.29, 0.717) is 12.0 Å². The molecule has 1 amide bonds. The van der Waals surface area contributed by atoms with Crippen molar-refractivity contribution in [2.45, 2.75) is 97.6 Å². The molecule has 1 heterocycles. The number of nitrogens with two attached hydrogens (primary N) is 2. The van der Waals surface area contributed by atoms with Crippen LogP contribution >= 0.6 is 0 Å². The molecular formula is C29H40F6N6O. The third kappa shape index (κ3) is 10.2. The fraction of sp³-hybridized carbons (Fsp3) is 0.552. The molecular weight excluding hydrogens is 562 g/mol. The lowest BCUT2D eigenvalue weighted by Crippen LogP contribution is -2.52. The number of halogens is 6. The summed E-state index contributed by atoms with van der Waals surface area (Å²) in [7, 11) is 0. The average molecular weight is 603 g/mol. The fourth-order valence-corrected chi connectivity index (χ4v) is 4.18. The Morgan fingerprint density at radius 1 is 1.26 bits per heavy atom. The highest BCUT2D eigenvalue weighted by molar-refractivity contribution is 5.85. The van der Waals surface area contributed by atoms with Crippen LogP contribution in [0.2, 0.25) is 0 Å². The second-order valence-electron chi connectivity index (χ2n) is 11.1. The van der Waals surface area contributed by atoms with Gasteiger partial charge in [-0.1, -0.05) is 31.9 Å². The van der Waals surface area contributed by atoms with E-state index in [9.17, 15) is 26.7 Å². The van der Waals surface area contributed by atoms with Gasteiger partial charge in [0.05, 0.1) is 23.8 Å². The number of hydrogen-bond donors (Lipinski definition) is 3. The van der Waals surface area contributed by atoms with Crippen LogP contribution in [0.5, 0.6) is 0 Å². The first-order chi connectivity index (χ1) is 19.5. The van der Waals surface area contributed by atoms with Crippen LogP contribution in [0.3, 0.4) is 0 Å². The molecule has 234 valence electrons. The van der Waals surface area contributed by atoms with Gasteiger partial charge in [0.2, 0.25) is 5.91 Å². The van der Waals surface area contributed by atoms with Crippen molar-refractivity contribution in [2.24, 2.45) is 22.4 Å². The SMILES string of the molecule is CCC(C)/C=C(\C=C(\F)C(C)=C1CCC1)c1cc(C(F)(F)F)nn1CC(C)(C)NC(=O)[C@H](N)CC(=C/N)/C=N/C(F)F. The Bertz CT molecular complexity index is 1250. The summed E-state index contributed by atoms with van der Waals surface area (Å²) in [4.78, 5) is 15.8. The summed E-state index contributed by atoms with van der Waals surface area (Å²) in [6.45, 7) is 5.38. The predicted octanol–water partition coefficient (Wildman–Crippen LogP) is 6.43. The number of alkyl halides is 5. The molecule has 0 bridgehead atoms. The van der Waals surface area contributed by atoms with Crippen LogP contribution < -0.4 is 16.8 Å². The summed E-state index contributed by atoms with van der Waals surface area (Å²) in [5.74, 6) is -1.31. The number of rotatable bonds is 13. The highest BCUT2D eigenvalue weighted by Gasteiger charge is 2.36. The van der Waals surface area contributed by atoms with Gasteiger partial charge in [0.1, 0.15) is 5.83 Å². The largest absolute Gasteiger partial charge is 0.435 e. The number of aromatic nitrogens is 2. The van der Waals surface area contributed by atoms with Crippen molar-refractivity contribution in [3.63, 3.8) is 0 Å². The summed E-state index contributed by atoms with van der Waals surface area (Å²) in [6, 6.07) is -0.347. The number of aliphatic imine (C=N–C) groups is 1. The van der Waals surface area contributed by atoms with E-state index in [-0.39, 0.29) is 35.7 Å². The van der Waals surface area contributed by atoms with Gasteiger partial charge < -0.3 is 16.8 Å². The highest BCUT2D eigenvalue weighted by atomic mass is 19.4. The number of amides is 1. The first-order valence-corrected chi connectivity index (χ1v) is 13.7. The molecule has 1 aromatic rings. The maximum absolute atomic E-state index is 15.3. The lowest BCUT2D eigenvalue weighted by Gasteiger charge is -2.29. The summed E-state index contributed by atoms with van der Waals surface area (Å²) >= 11 is 0. The van der Waals surface area contributed by atoms with Crippen LogP contribution in [0.25, 0.3) is 5.57 Å². The van der Waals surface area contributed by atoms with E-state index >= 15 is 4.39 Å². The third-order valence-corrected chi connectivity index (χ3v) is 6.97. The summed E-state index contributed by atoms with van der Waals surface area (Å²) in [6.07, 6.45) is 2.98. The molecule has 0 aliphatic heterocycles. The second kappa shape index (κ2) is 14.7. The number of carbonyl (C=O) groups is 1. The van der Waals surface area contributed by atoms with E-state index < -0.39 is 41.7 Å². The number of carbonyl (C=O) groups excluding carboxylic acids is 1. The van der Waals surface area contributed by atoms with E-state index in [1.807, 2.05) is 13.8 Å². The Labute approximate surface area is 242 Å². The summed E-state index contributed by atoms with van der Waals surface area (Å²) < 4.78 is 82.6. The monoisotopic (exact) mass is 602 g/mol. The van der Waals surface area contributed by atoms with Crippen LogP contribution in [0.4, 0.5) is 26.3 Å². The summed E-state index contributed by atoms with van der Waals surface area (Å²) in [5.41, 5.74) is 10.8. The van der Waals surface area contributed by atoms with Crippen molar-refractivity contribution < 1.29 is 31.1 Å². The van der Waals surface area contributed by atoms with Gasteiger partial charge in [-0.05, 0) is 87.4 Å². The first-order valence-electron chi connectivity index (χ1n) is 13.7. The predicted molar refractivity (Wildman–Crippen MR) is 152 cm³/mol. The zero-order chi connectivity index (χ0) is 31.8. The number of nitrogens with one attached hydrogen (secondary N) is 1. The zero-order valence-corrected chi connectivity index (χ0v) is 24.5. The minimum absolute atomic E-state index is 0.0346. The van der Waals surface area contributed by atoms with Crippen molar-refractivity contribution >= 4 is 17.7 Å². The Kier molecular flexibility index (Phi) is 12.2. The second-order valence-corrected chi connectivity index (χ2v) is 11.1. The van der Waals surface area contributed by atoms with Crippen LogP contribution in [0, 0.1) is 5.92 Å². The zero-order valence-electron chi connectivity index (χ0n) is 24.5. The molecule has 0 saturated heterocycles. The molecule has 7 nitrogen and oxygen atoms in total. The molecule has 2 atom stereocenters. The van der Waals surface area contributed by atoms with Gasteiger partial charge >= 0.3 is 12.7 Å². The lowest BCUT2D eigenvalue weighted by atomic mass is 9.87. The van der Waals surface area contributed by atoms with Gasteiger partial charge in [-0.2, -0.15) is 27.1 Å². The normalized spacial score (nSPS) is 17.1. The molecule has 1 unspecified atom stereocenters. The molecule has 1 saturated carbocycles. The molecule has 5 N–H and O–H groups in total. The van der Waals surface area contributed by atoms with Gasteiger partial charge in [-0.3, -0.25) is 9.48 Å². The average Bonchev–Trinajstić information content (AvgIpc) is 3.27. The van der Waals surface area contributed by atoms with Crippen LogP contribution in [0.1, 0.15) is 78.1 Å². The smallest absolute Gasteiger partial charge is 0.404 e. The van der Waals surface area contributed by atoms with Crippen molar-refractivity contribution in [1.82, 2.24) is 15.1 Å². The quantitative estimate of drug-likeness (QED) is 0.105. The Morgan fingerprint density at radius 3 is 2.40 bits per heavy atom. The molecule has 1 fully saturated rings. The maximum atomic E-state index is 15.3. The standard InChI is InChI=1S/C29H40F6N6O/c1-6-17(2)10-21(12-22(30)18(3)20-8-7-9-20)24-13-25(29(33,34)35)40-41(24)16-28(4,5)39-26(42)23(37)11-19(14-36)15-38-27(31)32/h10,12-15,17,23,27H,6-9,11,16,36-37H2,1-5H3,(H,39,42)/b19-14-,21-10+,22-12+,38-15+/t17?,23-/m1/s1. The van der Waals surface area contributed by atoms with Crippen LogP contribution in [-0.2, 0) is 17.5 Å². The van der Waals surface area contributed by atoms with Gasteiger partial charge in [0.25, 0.3) is 0 Å². The molecule has 1 aliphatic rings. The number of allylic oxidation sites excluding steroid dienone is 6. The van der Waals surface area contributed by atoms with Crippen LogP contribution in [0.15, 0.2) is 52.0 Å². The fourth-order valence-electron chi connectivity index (χ4n) is 4.18. The van der Waals surface area contributed by atoms with Crippen molar-refractivity contribution in [2.75, 3.05) is 0 Å². The van der Waals surface area contributed by atoms with Crippen molar-refractivity contribution in [3.05, 3.63) is 58.4 Å². The van der Waals surface area contributed by atoms with Crippen LogP contribution in [-0.4, -0.2) is 40.0 Å². The Hall–Kier alpha value is -3.35. The van der Waals surface area contributed by atoms with Crippen molar-refractivity contribution in [3.8, 4) is 0 Å². The minimum atomic E-state index is -4.77. The summed E-state index contributed by atoms with van der Waals surface area (Å²) in [5, 5.41) is 6.45. The topological polar surface area (TPSA) is 111 Å². The highest BCUT2D eigenvalue weighted by Crippen LogP contribution is 2.35.